The topological polar surface area (TPSA) is 77.2 Å². The molecule has 0 spiro atoms. The molecule has 98 valence electrons. The number of hydrogen-bond donors (Lipinski definition) is 2. The Morgan fingerprint density at radius 3 is 3.11 bits per heavy atom. The molecule has 1 atom stereocenters. The van der Waals surface area contributed by atoms with Crippen LogP contribution in [-0.4, -0.2) is 30.1 Å². The monoisotopic (exact) mass is 249 g/mol. The number of aromatic nitrogens is 1. The number of amides is 1. The molecule has 1 fully saturated rings. The molecule has 5 heteroatoms. The van der Waals surface area contributed by atoms with Crippen LogP contribution in [0.25, 0.3) is 0 Å². The number of nitrogens with two attached hydrogens (primary N) is 1. The lowest BCUT2D eigenvalue weighted by Crippen LogP contribution is -2.27. The van der Waals surface area contributed by atoms with Crippen molar-refractivity contribution < 1.29 is 9.53 Å². The Hall–Kier alpha value is -1.62. The van der Waals surface area contributed by atoms with Crippen LogP contribution >= 0.6 is 0 Å². The zero-order valence-electron chi connectivity index (χ0n) is 10.6. The minimum atomic E-state index is -0.106. The lowest BCUT2D eigenvalue weighted by Gasteiger charge is -2.10. The van der Waals surface area contributed by atoms with Gasteiger partial charge in [-0.1, -0.05) is 0 Å². The normalized spacial score (nSPS) is 18.8. The van der Waals surface area contributed by atoms with Gasteiger partial charge in [0.05, 0.1) is 6.10 Å². The van der Waals surface area contributed by atoms with E-state index < -0.39 is 0 Å². The van der Waals surface area contributed by atoms with E-state index in [4.69, 9.17) is 10.5 Å². The lowest BCUT2D eigenvalue weighted by molar-refractivity contribution is 0.0907. The van der Waals surface area contributed by atoms with Gasteiger partial charge in [0.2, 0.25) is 0 Å². The van der Waals surface area contributed by atoms with Gasteiger partial charge in [0.25, 0.3) is 5.91 Å². The fourth-order valence-corrected chi connectivity index (χ4v) is 2.15. The average Bonchev–Trinajstić information content (AvgIpc) is 2.80. The highest BCUT2D eigenvalue weighted by molar-refractivity contribution is 5.94. The number of carbonyl (C=O) groups is 1. The van der Waals surface area contributed by atoms with Crippen LogP contribution in [0.4, 0.5) is 5.82 Å². The molecule has 2 heterocycles. The third-order valence-corrected chi connectivity index (χ3v) is 3.01. The van der Waals surface area contributed by atoms with Gasteiger partial charge in [0.1, 0.15) is 5.82 Å². The summed E-state index contributed by atoms with van der Waals surface area (Å²) in [6, 6.07) is 3.33. The van der Waals surface area contributed by atoms with E-state index in [-0.39, 0.29) is 5.91 Å². The Balaban J connectivity index is 1.83. The molecule has 0 aliphatic carbocycles. The molecule has 1 amide bonds. The molecule has 0 bridgehead atoms. The first-order chi connectivity index (χ1) is 8.65. The summed E-state index contributed by atoms with van der Waals surface area (Å²) in [5, 5.41) is 2.88. The molecule has 0 saturated carbocycles. The summed E-state index contributed by atoms with van der Waals surface area (Å²) in [4.78, 5) is 15.9. The molecule has 1 aliphatic heterocycles. The zero-order chi connectivity index (χ0) is 13.0. The maximum Gasteiger partial charge on any atom is 0.251 e. The van der Waals surface area contributed by atoms with Gasteiger partial charge in [0, 0.05) is 24.4 Å². The van der Waals surface area contributed by atoms with Crippen LogP contribution < -0.4 is 11.1 Å². The quantitative estimate of drug-likeness (QED) is 0.842. The number of ether oxygens (including phenoxy) is 1. The Morgan fingerprint density at radius 2 is 2.44 bits per heavy atom. The molecule has 1 aliphatic rings. The van der Waals surface area contributed by atoms with Crippen molar-refractivity contribution in [2.24, 2.45) is 0 Å². The van der Waals surface area contributed by atoms with Crippen molar-refractivity contribution in [1.29, 1.82) is 0 Å². The third kappa shape index (κ3) is 3.43. The standard InChI is InChI=1S/C13H19N3O2/c1-9-7-10(8-12(14)16-9)13(17)15-5-4-11-3-2-6-18-11/h7-8,11H,2-6H2,1H3,(H2,14,16)(H,15,17). The number of carbonyl (C=O) groups excluding carboxylic acids is 1. The lowest BCUT2D eigenvalue weighted by atomic mass is 10.1. The Kier molecular flexibility index (Phi) is 4.15. The van der Waals surface area contributed by atoms with Crippen molar-refractivity contribution >= 4 is 11.7 Å². The summed E-state index contributed by atoms with van der Waals surface area (Å²) in [6.07, 6.45) is 3.38. The van der Waals surface area contributed by atoms with Crippen molar-refractivity contribution in [1.82, 2.24) is 10.3 Å². The van der Waals surface area contributed by atoms with Crippen molar-refractivity contribution in [2.45, 2.75) is 32.3 Å². The first kappa shape index (κ1) is 12.8. The Morgan fingerprint density at radius 1 is 1.61 bits per heavy atom. The Bertz CT molecular complexity index is 408. The number of nitrogen functional groups attached to an aromatic ring is 1. The summed E-state index contributed by atoms with van der Waals surface area (Å²) >= 11 is 0. The Labute approximate surface area is 107 Å². The van der Waals surface area contributed by atoms with Crippen LogP contribution in [0.2, 0.25) is 0 Å². The fourth-order valence-electron chi connectivity index (χ4n) is 2.15. The van der Waals surface area contributed by atoms with E-state index in [0.29, 0.717) is 24.0 Å². The van der Waals surface area contributed by atoms with Crippen molar-refractivity contribution in [3.05, 3.63) is 23.4 Å². The average molecular weight is 249 g/mol. The van der Waals surface area contributed by atoms with E-state index in [1.165, 1.54) is 0 Å². The molecule has 1 unspecified atom stereocenters. The molecule has 1 aromatic rings. The highest BCUT2D eigenvalue weighted by Crippen LogP contribution is 2.14. The van der Waals surface area contributed by atoms with E-state index in [1.807, 2.05) is 6.92 Å². The van der Waals surface area contributed by atoms with E-state index >= 15 is 0 Å². The fraction of sp³-hybridized carbons (Fsp3) is 0.538. The third-order valence-electron chi connectivity index (χ3n) is 3.01. The largest absolute Gasteiger partial charge is 0.384 e. The number of nitrogens with zero attached hydrogens (tertiary/aromatic N) is 1. The van der Waals surface area contributed by atoms with Crippen LogP contribution in [0, 0.1) is 6.92 Å². The molecule has 0 radical (unpaired) electrons. The maximum absolute atomic E-state index is 11.9. The first-order valence-electron chi connectivity index (χ1n) is 6.29. The first-order valence-corrected chi connectivity index (χ1v) is 6.29. The second-order valence-corrected chi connectivity index (χ2v) is 4.60. The minimum absolute atomic E-state index is 0.106. The van der Waals surface area contributed by atoms with E-state index in [9.17, 15) is 4.79 Å². The van der Waals surface area contributed by atoms with Crippen LogP contribution in [0.15, 0.2) is 12.1 Å². The summed E-state index contributed by atoms with van der Waals surface area (Å²) < 4.78 is 5.50. The number of nitrogens with one attached hydrogen (secondary N) is 1. The second kappa shape index (κ2) is 5.82. The highest BCUT2D eigenvalue weighted by Gasteiger charge is 2.15. The highest BCUT2D eigenvalue weighted by atomic mass is 16.5. The molecule has 0 aromatic carbocycles. The molecular weight excluding hydrogens is 230 g/mol. The van der Waals surface area contributed by atoms with Crippen LogP contribution in [0.1, 0.15) is 35.3 Å². The summed E-state index contributed by atoms with van der Waals surface area (Å²) in [5.74, 6) is 0.268. The number of pyridine rings is 1. The SMILES string of the molecule is Cc1cc(C(=O)NCCC2CCCO2)cc(N)n1. The molecule has 2 rings (SSSR count). The zero-order valence-corrected chi connectivity index (χ0v) is 10.6. The summed E-state index contributed by atoms with van der Waals surface area (Å²) in [7, 11) is 0. The number of anilines is 1. The summed E-state index contributed by atoms with van der Waals surface area (Å²) in [5.41, 5.74) is 6.93. The molecule has 1 aromatic heterocycles. The number of aryl methyl sites for hydroxylation is 1. The van der Waals surface area contributed by atoms with Gasteiger partial charge < -0.3 is 15.8 Å². The number of hydrogen-bond acceptors (Lipinski definition) is 4. The van der Waals surface area contributed by atoms with Gasteiger partial charge in [-0.25, -0.2) is 4.98 Å². The van der Waals surface area contributed by atoms with Crippen LogP contribution in [0.5, 0.6) is 0 Å². The molecule has 1 saturated heterocycles. The second-order valence-electron chi connectivity index (χ2n) is 4.60. The molecule has 5 nitrogen and oxygen atoms in total. The van der Waals surface area contributed by atoms with Gasteiger partial charge in [-0.2, -0.15) is 0 Å². The van der Waals surface area contributed by atoms with E-state index in [2.05, 4.69) is 10.3 Å². The predicted molar refractivity (Wildman–Crippen MR) is 69.3 cm³/mol. The maximum atomic E-state index is 11.9. The van der Waals surface area contributed by atoms with E-state index in [0.717, 1.165) is 31.6 Å². The van der Waals surface area contributed by atoms with E-state index in [1.54, 1.807) is 12.1 Å². The smallest absolute Gasteiger partial charge is 0.251 e. The number of rotatable bonds is 4. The van der Waals surface area contributed by atoms with Crippen LogP contribution in [0.3, 0.4) is 0 Å². The summed E-state index contributed by atoms with van der Waals surface area (Å²) in [6.45, 7) is 3.29. The van der Waals surface area contributed by atoms with Gasteiger partial charge in [-0.3, -0.25) is 4.79 Å². The molecule has 3 N–H and O–H groups in total. The van der Waals surface area contributed by atoms with Gasteiger partial charge in [-0.05, 0) is 38.3 Å². The van der Waals surface area contributed by atoms with Gasteiger partial charge >= 0.3 is 0 Å². The van der Waals surface area contributed by atoms with Crippen molar-refractivity contribution in [2.75, 3.05) is 18.9 Å². The molecule has 18 heavy (non-hydrogen) atoms. The molecular formula is C13H19N3O2. The van der Waals surface area contributed by atoms with Crippen molar-refractivity contribution in [3.8, 4) is 0 Å². The van der Waals surface area contributed by atoms with Gasteiger partial charge in [0.15, 0.2) is 0 Å². The van der Waals surface area contributed by atoms with Crippen LogP contribution in [-0.2, 0) is 4.74 Å². The van der Waals surface area contributed by atoms with Crippen molar-refractivity contribution in [3.63, 3.8) is 0 Å². The van der Waals surface area contributed by atoms with Gasteiger partial charge in [-0.15, -0.1) is 0 Å². The minimum Gasteiger partial charge on any atom is -0.384 e. The predicted octanol–water partition coefficient (Wildman–Crippen LogP) is 1.27.